The predicted molar refractivity (Wildman–Crippen MR) is 231 cm³/mol. The molecule has 3 N–H and O–H groups in total. The maximum Gasteiger partial charge on any atom is 0.306 e. The van der Waals surface area contributed by atoms with Gasteiger partial charge in [-0.1, -0.05) is 79.1 Å². The van der Waals surface area contributed by atoms with Crippen LogP contribution in [0.25, 0.3) is 0 Å². The number of carbonyl (C=O) groups is 3. The molecule has 4 fully saturated rings. The first kappa shape index (κ1) is 46.0. The Morgan fingerprint density at radius 3 is 2.26 bits per heavy atom. The maximum atomic E-state index is 15.1. The van der Waals surface area contributed by atoms with Gasteiger partial charge in [0.2, 0.25) is 0 Å². The second kappa shape index (κ2) is 17.9. The molecule has 4 saturated carbocycles. The van der Waals surface area contributed by atoms with Crippen LogP contribution in [0, 0.1) is 45.3 Å². The number of carbonyl (C=O) groups excluding carboxylic acids is 3. The second-order valence-electron chi connectivity index (χ2n) is 19.8. The first-order chi connectivity index (χ1) is 26.9. The third kappa shape index (κ3) is 8.47. The molecular weight excluding hydrogens is 734 g/mol. The zero-order valence-corrected chi connectivity index (χ0v) is 37.9. The molecule has 0 amide bonds. The Balaban J connectivity index is 0.00000305. The van der Waals surface area contributed by atoms with E-state index in [-0.39, 0.29) is 72.3 Å². The van der Waals surface area contributed by atoms with E-state index in [1.54, 1.807) is 0 Å². The number of benzene rings is 1. The number of nitrogens with two attached hydrogens (primary N) is 1. The topological polar surface area (TPSA) is 113 Å². The fraction of sp³-hybridized carbons (Fsp3) is 0.771. The molecule has 5 aliphatic carbocycles. The summed E-state index contributed by atoms with van der Waals surface area (Å²) in [6, 6.07) is 7.87. The second-order valence-corrected chi connectivity index (χ2v) is 20.3. The van der Waals surface area contributed by atoms with Crippen molar-refractivity contribution in [2.75, 3.05) is 40.3 Å². The fourth-order valence-electron chi connectivity index (χ4n) is 13.2. The number of Topliss-reactive ketones (excluding diaryl/α,β-unsaturated/α-hetero) is 2. The normalized spacial score (nSPS) is 34.9. The van der Waals surface area contributed by atoms with E-state index in [0.29, 0.717) is 36.2 Å². The Hall–Kier alpha value is -2.10. The summed E-state index contributed by atoms with van der Waals surface area (Å²) in [5.74, 6) is 1.45. The molecular formula is C48H76ClN3O5. The fourth-order valence-corrected chi connectivity index (χ4v) is 13.3. The number of aliphatic hydroxyl groups is 1. The zero-order chi connectivity index (χ0) is 42.1. The molecule has 0 aromatic heterocycles. The summed E-state index contributed by atoms with van der Waals surface area (Å²) in [6.45, 7) is 19.5. The van der Waals surface area contributed by atoms with Crippen LogP contribution in [0.5, 0.6) is 0 Å². The van der Waals surface area contributed by atoms with E-state index in [9.17, 15) is 14.7 Å². The van der Waals surface area contributed by atoms with E-state index in [4.69, 9.17) is 22.1 Å². The lowest BCUT2D eigenvalue weighted by molar-refractivity contribution is -0.199. The summed E-state index contributed by atoms with van der Waals surface area (Å²) in [5.41, 5.74) is 8.99. The van der Waals surface area contributed by atoms with Crippen LogP contribution in [0.4, 0.5) is 0 Å². The van der Waals surface area contributed by atoms with Crippen LogP contribution in [-0.2, 0) is 25.7 Å². The minimum absolute atomic E-state index is 0.0195. The molecule has 0 heterocycles. The number of ketones is 2. The van der Waals surface area contributed by atoms with Crippen LogP contribution in [0.3, 0.4) is 0 Å². The zero-order valence-electron chi connectivity index (χ0n) is 37.1. The van der Waals surface area contributed by atoms with Gasteiger partial charge in [0.15, 0.2) is 11.6 Å². The molecule has 1 aromatic rings. The molecule has 8 unspecified atom stereocenters. The van der Waals surface area contributed by atoms with Gasteiger partial charge in [-0.05, 0) is 147 Å². The highest BCUT2D eigenvalue weighted by Crippen LogP contribution is 2.73. The van der Waals surface area contributed by atoms with E-state index in [1.807, 2.05) is 52.0 Å². The molecule has 5 aliphatic rings. The Labute approximate surface area is 350 Å². The van der Waals surface area contributed by atoms with Gasteiger partial charge in [0.1, 0.15) is 6.10 Å². The number of fused-ring (bicyclic) bond motifs is 7. The van der Waals surface area contributed by atoms with Gasteiger partial charge < -0.3 is 20.5 Å². The molecule has 320 valence electrons. The molecule has 0 aliphatic heterocycles. The smallest absolute Gasteiger partial charge is 0.306 e. The summed E-state index contributed by atoms with van der Waals surface area (Å²) >= 11 is 6.22. The predicted octanol–water partition coefficient (Wildman–Crippen LogP) is 9.05. The van der Waals surface area contributed by atoms with Crippen molar-refractivity contribution in [3.8, 4) is 0 Å². The summed E-state index contributed by atoms with van der Waals surface area (Å²) < 4.78 is 6.18. The average molecular weight is 811 g/mol. The summed E-state index contributed by atoms with van der Waals surface area (Å²) in [4.78, 5) is 46.6. The van der Waals surface area contributed by atoms with Crippen molar-refractivity contribution in [2.45, 2.75) is 151 Å². The minimum atomic E-state index is -0.839. The molecule has 1 aromatic carbocycles. The van der Waals surface area contributed by atoms with Crippen molar-refractivity contribution >= 4 is 29.1 Å². The van der Waals surface area contributed by atoms with E-state index in [0.717, 1.165) is 81.2 Å². The van der Waals surface area contributed by atoms with E-state index >= 15 is 4.79 Å². The largest absolute Gasteiger partial charge is 0.462 e. The van der Waals surface area contributed by atoms with Gasteiger partial charge in [-0.25, -0.2) is 0 Å². The number of allylic oxidation sites excluding steroid dienone is 1. The number of esters is 1. The van der Waals surface area contributed by atoms with Crippen LogP contribution in [-0.4, -0.2) is 84.4 Å². The summed E-state index contributed by atoms with van der Waals surface area (Å²) in [6.07, 6.45) is 9.37. The molecule has 9 atom stereocenters. The molecule has 6 rings (SSSR count). The Bertz CT molecular complexity index is 1640. The van der Waals surface area contributed by atoms with Gasteiger partial charge in [0.25, 0.3) is 0 Å². The third-order valence-electron chi connectivity index (χ3n) is 15.9. The highest BCUT2D eigenvalue weighted by molar-refractivity contribution is 6.30. The molecule has 8 nitrogen and oxygen atoms in total. The minimum Gasteiger partial charge on any atom is -0.462 e. The molecule has 9 heteroatoms. The van der Waals surface area contributed by atoms with E-state index in [2.05, 4.69) is 51.6 Å². The van der Waals surface area contributed by atoms with Crippen LogP contribution in [0.15, 0.2) is 35.4 Å². The van der Waals surface area contributed by atoms with Gasteiger partial charge in [0, 0.05) is 43.2 Å². The van der Waals surface area contributed by atoms with Crippen molar-refractivity contribution in [3.63, 3.8) is 0 Å². The first-order valence-corrected chi connectivity index (χ1v) is 22.8. The number of ether oxygens (including phenoxy) is 1. The maximum absolute atomic E-state index is 15.1. The number of aliphatic hydroxyl groups excluding tert-OH is 1. The monoisotopic (exact) mass is 810 g/mol. The van der Waals surface area contributed by atoms with Crippen molar-refractivity contribution < 1.29 is 24.2 Å². The molecule has 0 saturated heterocycles. The van der Waals surface area contributed by atoms with Crippen molar-refractivity contribution in [1.82, 2.24) is 9.80 Å². The summed E-state index contributed by atoms with van der Waals surface area (Å²) in [7, 11) is 4.11. The quantitative estimate of drug-likeness (QED) is 0.179. The lowest BCUT2D eigenvalue weighted by Gasteiger charge is -2.70. The number of halogens is 1. The average Bonchev–Trinajstić information content (AvgIpc) is 3.49. The van der Waals surface area contributed by atoms with Crippen molar-refractivity contribution in [1.29, 1.82) is 0 Å². The van der Waals surface area contributed by atoms with Crippen molar-refractivity contribution in [3.05, 3.63) is 46.0 Å². The number of likely N-dealkylation sites (N-methyl/N-ethyl adjacent to an activating group) is 1. The molecule has 0 bridgehead atoms. The molecule has 0 radical (unpaired) electrons. The lowest BCUT2D eigenvalue weighted by atomic mass is 9.35. The number of rotatable bonds is 14. The van der Waals surface area contributed by atoms with Crippen LogP contribution in [0.2, 0.25) is 5.02 Å². The molecule has 0 spiro atoms. The van der Waals surface area contributed by atoms with E-state index < -0.39 is 16.4 Å². The third-order valence-corrected chi connectivity index (χ3v) is 16.2. The van der Waals surface area contributed by atoms with Crippen LogP contribution >= 0.6 is 11.6 Å². The van der Waals surface area contributed by atoms with Gasteiger partial charge >= 0.3 is 5.97 Å². The Kier molecular flexibility index (Phi) is 14.4. The highest BCUT2D eigenvalue weighted by Gasteiger charge is 2.70. The molecule has 57 heavy (non-hydrogen) atoms. The SMILES string of the molecule is CC.CCC1=C2C(C(=O)CN(CCN(C)C)Cc3ccc(Cl)cc3)(CCC3C2(N)CCC2C3(CC)CC[C@H]3C(C)C(OC(=O)CC(C)(C)CO)CCC23C)CC1=O. The lowest BCUT2D eigenvalue weighted by Crippen LogP contribution is -2.70. The van der Waals surface area contributed by atoms with Crippen LogP contribution < -0.4 is 5.73 Å². The van der Waals surface area contributed by atoms with Gasteiger partial charge in [-0.2, -0.15) is 0 Å². The number of nitrogens with zero attached hydrogens (tertiary/aromatic N) is 2. The van der Waals surface area contributed by atoms with Gasteiger partial charge in [-0.15, -0.1) is 0 Å². The Morgan fingerprint density at radius 2 is 1.65 bits per heavy atom. The first-order valence-electron chi connectivity index (χ1n) is 22.4. The number of hydrogen-bond acceptors (Lipinski definition) is 8. The van der Waals surface area contributed by atoms with E-state index in [1.165, 1.54) is 0 Å². The van der Waals surface area contributed by atoms with Gasteiger partial charge in [0.05, 0.1) is 18.4 Å². The summed E-state index contributed by atoms with van der Waals surface area (Å²) in [5, 5.41) is 10.4. The number of hydrogen-bond donors (Lipinski definition) is 2. The van der Waals surface area contributed by atoms with Gasteiger partial charge in [-0.3, -0.25) is 19.3 Å². The Morgan fingerprint density at radius 1 is 0.982 bits per heavy atom. The highest BCUT2D eigenvalue weighted by atomic mass is 35.5. The van der Waals surface area contributed by atoms with Crippen molar-refractivity contribution in [2.24, 2.45) is 51.1 Å². The standard InChI is InChI=1S/C46H70ClN3O5.C2H6/c1-9-33-35(52)25-45(39(53)28-50(24-23-49(7)8)27-31-11-13-32(47)14-12-31)21-17-38-44(10-2)20-15-34-30(3)36(55-40(54)26-42(4,5)29-51)16-19-43(34,6)37(44)18-22-46(38,48)41(33)45;1-2/h11-14,30,34,36-38,51H,9-10,15-29,48H2,1-8H3;1-2H3/t30?,34-,36?,37?,38?,43?,44?,45?,46?;/m0./s1. The van der Waals surface area contributed by atoms with Crippen LogP contribution in [0.1, 0.15) is 138 Å².